The van der Waals surface area contributed by atoms with Crippen molar-refractivity contribution >= 4 is 61.8 Å². The molecule has 9 nitrogen and oxygen atoms in total. The van der Waals surface area contributed by atoms with E-state index in [1.54, 1.807) is 18.2 Å². The minimum Gasteiger partial charge on any atom is -0.369 e. The number of benzene rings is 2. The number of rotatable bonds is 6. The summed E-state index contributed by atoms with van der Waals surface area (Å²) in [7, 11) is -4.65. The van der Waals surface area contributed by atoms with Crippen molar-refractivity contribution in [1.29, 1.82) is 0 Å². The second-order valence-electron chi connectivity index (χ2n) is 6.58. The highest BCUT2D eigenvalue weighted by molar-refractivity contribution is 7.86. The van der Waals surface area contributed by atoms with Gasteiger partial charge in [-0.3, -0.25) is 19.2 Å². The Morgan fingerprint density at radius 3 is 2.35 bits per heavy atom. The molecule has 3 amide bonds. The fraction of sp³-hybridized carbons (Fsp3) is 0.105. The molecule has 162 valence electrons. The lowest BCUT2D eigenvalue weighted by molar-refractivity contribution is -0.117. The molecule has 12 heteroatoms. The molecule has 0 radical (unpaired) electrons. The molecule has 0 bridgehead atoms. The first kappa shape index (κ1) is 22.8. The molecule has 3 aromatic rings. The Morgan fingerprint density at radius 2 is 1.77 bits per heavy atom. The van der Waals surface area contributed by atoms with Gasteiger partial charge in [-0.25, -0.2) is 4.79 Å². The van der Waals surface area contributed by atoms with Crippen LogP contribution < -0.4 is 16.4 Å². The molecular weight excluding hydrogens is 467 g/mol. The van der Waals surface area contributed by atoms with Crippen LogP contribution in [0.4, 0.5) is 10.5 Å². The van der Waals surface area contributed by atoms with Gasteiger partial charge in [-0.1, -0.05) is 41.4 Å². The van der Waals surface area contributed by atoms with Crippen LogP contribution in [0.15, 0.2) is 47.4 Å². The maximum atomic E-state index is 12.3. The summed E-state index contributed by atoms with van der Waals surface area (Å²) in [5.74, 6) is -0.725. The predicted octanol–water partition coefficient (Wildman–Crippen LogP) is 2.90. The summed E-state index contributed by atoms with van der Waals surface area (Å²) >= 11 is 12.0. The van der Waals surface area contributed by atoms with Crippen molar-refractivity contribution in [3.63, 3.8) is 0 Å². The van der Waals surface area contributed by atoms with Gasteiger partial charge in [0.1, 0.15) is 4.90 Å². The van der Waals surface area contributed by atoms with E-state index in [2.05, 4.69) is 4.98 Å². The van der Waals surface area contributed by atoms with Gasteiger partial charge < -0.3 is 11.5 Å². The summed E-state index contributed by atoms with van der Waals surface area (Å²) in [6, 6.07) is 9.32. The summed E-state index contributed by atoms with van der Waals surface area (Å²) in [5.41, 5.74) is 11.6. The first-order valence-electron chi connectivity index (χ1n) is 8.66. The zero-order chi connectivity index (χ0) is 22.9. The number of pyridine rings is 1. The lowest BCUT2D eigenvalue weighted by atomic mass is 10.1. The van der Waals surface area contributed by atoms with Crippen LogP contribution in [0.1, 0.15) is 11.3 Å². The monoisotopic (exact) mass is 482 g/mol. The number of para-hydroxylation sites is 1. The Kier molecular flexibility index (Phi) is 6.37. The molecule has 0 saturated carbocycles. The van der Waals surface area contributed by atoms with Crippen molar-refractivity contribution in [3.05, 3.63) is 63.8 Å². The average Bonchev–Trinajstić information content (AvgIpc) is 2.66. The molecule has 0 saturated heterocycles. The van der Waals surface area contributed by atoms with Crippen LogP contribution in [0.5, 0.6) is 0 Å². The molecular formula is C19H16Cl2N4O5S. The number of amides is 3. The van der Waals surface area contributed by atoms with Gasteiger partial charge in [-0.05, 0) is 29.8 Å². The molecule has 0 fully saturated rings. The highest BCUT2D eigenvalue weighted by Crippen LogP contribution is 2.32. The number of carbonyl (C=O) groups excluding carboxylic acids is 2. The number of hydrogen-bond acceptors (Lipinski definition) is 5. The molecule has 0 unspecified atom stereocenters. The van der Waals surface area contributed by atoms with E-state index in [1.807, 2.05) is 0 Å². The third-order valence-corrected chi connectivity index (χ3v) is 5.97. The summed E-state index contributed by atoms with van der Waals surface area (Å²) in [5, 5.41) is 0.806. The van der Waals surface area contributed by atoms with Crippen molar-refractivity contribution in [2.45, 2.75) is 17.9 Å². The third kappa shape index (κ3) is 5.05. The number of nitrogens with two attached hydrogens (primary N) is 2. The van der Waals surface area contributed by atoms with E-state index in [1.165, 1.54) is 18.2 Å². The zero-order valence-electron chi connectivity index (χ0n) is 15.7. The molecule has 0 atom stereocenters. The van der Waals surface area contributed by atoms with E-state index in [0.29, 0.717) is 10.6 Å². The van der Waals surface area contributed by atoms with Crippen LogP contribution in [0.3, 0.4) is 0 Å². The molecule has 0 spiro atoms. The number of urea groups is 1. The second kappa shape index (κ2) is 8.67. The average molecular weight is 483 g/mol. The van der Waals surface area contributed by atoms with Gasteiger partial charge in [0.25, 0.3) is 10.1 Å². The van der Waals surface area contributed by atoms with Crippen LogP contribution in [-0.2, 0) is 27.9 Å². The summed E-state index contributed by atoms with van der Waals surface area (Å²) in [6.07, 6.45) is -0.331. The van der Waals surface area contributed by atoms with E-state index in [9.17, 15) is 22.6 Å². The number of anilines is 1. The van der Waals surface area contributed by atoms with Gasteiger partial charge in [0.2, 0.25) is 5.91 Å². The number of nitrogens with zero attached hydrogens (tertiary/aromatic N) is 2. The number of aromatic nitrogens is 1. The fourth-order valence-corrected chi connectivity index (χ4v) is 4.03. The maximum Gasteiger partial charge on any atom is 0.319 e. The minimum absolute atomic E-state index is 0.0442. The lowest BCUT2D eigenvalue weighted by Crippen LogP contribution is -2.35. The Morgan fingerprint density at radius 1 is 1.06 bits per heavy atom. The number of fused-ring (bicyclic) bond motifs is 1. The normalized spacial score (nSPS) is 11.5. The van der Waals surface area contributed by atoms with Gasteiger partial charge in [0, 0.05) is 5.39 Å². The van der Waals surface area contributed by atoms with Gasteiger partial charge in [0.15, 0.2) is 0 Å². The highest BCUT2D eigenvalue weighted by atomic mass is 35.5. The van der Waals surface area contributed by atoms with E-state index in [0.717, 1.165) is 11.0 Å². The topological polar surface area (TPSA) is 157 Å². The predicted molar refractivity (Wildman–Crippen MR) is 117 cm³/mol. The molecule has 31 heavy (non-hydrogen) atoms. The summed E-state index contributed by atoms with van der Waals surface area (Å²) < 4.78 is 33.3. The van der Waals surface area contributed by atoms with Crippen LogP contribution >= 0.6 is 23.2 Å². The van der Waals surface area contributed by atoms with Crippen molar-refractivity contribution in [2.75, 3.05) is 4.90 Å². The Hall–Kier alpha value is -2.92. The van der Waals surface area contributed by atoms with Gasteiger partial charge in [0.05, 0.1) is 39.9 Å². The molecule has 1 aromatic heterocycles. The second-order valence-corrected chi connectivity index (χ2v) is 8.78. The highest BCUT2D eigenvalue weighted by Gasteiger charge is 2.23. The number of halogens is 2. The van der Waals surface area contributed by atoms with Crippen molar-refractivity contribution in [1.82, 2.24) is 4.98 Å². The Balaban J connectivity index is 2.26. The Bertz CT molecular complexity index is 1310. The lowest BCUT2D eigenvalue weighted by Gasteiger charge is -2.23. The van der Waals surface area contributed by atoms with Gasteiger partial charge in [-0.2, -0.15) is 8.42 Å². The SMILES string of the molecule is NC(=O)Cc1cc(N(Cc2ccc(Cl)c(Cl)c2)C(N)=O)c2cccc(S(=O)(=O)O)c2n1. The quantitative estimate of drug-likeness (QED) is 0.458. The summed E-state index contributed by atoms with van der Waals surface area (Å²) in [6.45, 7) is -0.0442. The maximum absolute atomic E-state index is 12.3. The van der Waals surface area contributed by atoms with E-state index in [-0.39, 0.29) is 40.3 Å². The molecule has 2 aromatic carbocycles. The number of hydrogen-bond donors (Lipinski definition) is 3. The van der Waals surface area contributed by atoms with Crippen molar-refractivity contribution in [2.24, 2.45) is 11.5 Å². The number of primary amides is 2. The molecule has 5 N–H and O–H groups in total. The third-order valence-electron chi connectivity index (χ3n) is 4.35. The van der Waals surface area contributed by atoms with E-state index < -0.39 is 27.0 Å². The fourth-order valence-electron chi connectivity index (χ4n) is 3.06. The zero-order valence-corrected chi connectivity index (χ0v) is 18.1. The first-order chi connectivity index (χ1) is 14.5. The molecule has 0 aliphatic heterocycles. The van der Waals surface area contributed by atoms with E-state index in [4.69, 9.17) is 34.7 Å². The van der Waals surface area contributed by atoms with E-state index >= 15 is 0 Å². The van der Waals surface area contributed by atoms with Gasteiger partial charge in [-0.15, -0.1) is 0 Å². The molecule has 0 aliphatic rings. The molecule has 0 aliphatic carbocycles. The first-order valence-corrected chi connectivity index (χ1v) is 10.9. The standard InChI is InChI=1S/C19H16Cl2N4O5S/c20-13-5-4-10(6-14(13)21)9-25(19(23)27)15-7-11(8-17(22)26)24-18-12(15)2-1-3-16(18)31(28,29)30/h1-7H,8-9H2,(H2,22,26)(H2,23,27)(H,28,29,30). The molecule has 3 rings (SSSR count). The molecule has 1 heterocycles. The Labute approximate surface area is 187 Å². The smallest absolute Gasteiger partial charge is 0.319 e. The van der Waals surface area contributed by atoms with Crippen molar-refractivity contribution in [3.8, 4) is 0 Å². The largest absolute Gasteiger partial charge is 0.369 e. The summed E-state index contributed by atoms with van der Waals surface area (Å²) in [4.78, 5) is 28.6. The van der Waals surface area contributed by atoms with Crippen LogP contribution in [-0.4, -0.2) is 29.9 Å². The van der Waals surface area contributed by atoms with Crippen LogP contribution in [0.2, 0.25) is 10.0 Å². The minimum atomic E-state index is -4.65. The number of carbonyl (C=O) groups is 2. The van der Waals surface area contributed by atoms with Crippen molar-refractivity contribution < 1.29 is 22.6 Å². The van der Waals surface area contributed by atoms with Crippen LogP contribution in [0.25, 0.3) is 10.9 Å². The van der Waals surface area contributed by atoms with Crippen LogP contribution in [0, 0.1) is 0 Å². The van der Waals surface area contributed by atoms with Gasteiger partial charge >= 0.3 is 6.03 Å².